The molecule has 7 heteroatoms. The summed E-state index contributed by atoms with van der Waals surface area (Å²) in [6.45, 7) is 5.08. The molecule has 0 aromatic heterocycles. The summed E-state index contributed by atoms with van der Waals surface area (Å²) in [5.41, 5.74) is 4.22. The van der Waals surface area contributed by atoms with Gasteiger partial charge in [-0.3, -0.25) is 4.79 Å². The van der Waals surface area contributed by atoms with Crippen molar-refractivity contribution in [1.29, 1.82) is 5.26 Å². The van der Waals surface area contributed by atoms with Crippen molar-refractivity contribution in [2.24, 2.45) is 0 Å². The van der Waals surface area contributed by atoms with E-state index >= 15 is 0 Å². The van der Waals surface area contributed by atoms with Crippen molar-refractivity contribution < 1.29 is 19.0 Å². The van der Waals surface area contributed by atoms with E-state index in [4.69, 9.17) is 25.8 Å². The number of ether oxygens (including phenoxy) is 3. The molecule has 0 heterocycles. The Hall–Kier alpha value is -4.73. The van der Waals surface area contributed by atoms with E-state index in [0.717, 1.165) is 16.7 Å². The Morgan fingerprint density at radius 2 is 1.70 bits per heavy atom. The predicted octanol–water partition coefficient (Wildman–Crippen LogP) is 7.75. The maximum absolute atomic E-state index is 12.8. The van der Waals surface area contributed by atoms with E-state index in [-0.39, 0.29) is 5.57 Å². The highest BCUT2D eigenvalue weighted by atomic mass is 35.5. The number of amides is 1. The van der Waals surface area contributed by atoms with Gasteiger partial charge in [0.05, 0.1) is 6.61 Å². The minimum Gasteiger partial charge on any atom is -0.490 e. The summed E-state index contributed by atoms with van der Waals surface area (Å²) in [5.74, 6) is 1.22. The van der Waals surface area contributed by atoms with Crippen molar-refractivity contribution in [3.05, 3.63) is 124 Å². The highest BCUT2D eigenvalue weighted by Gasteiger charge is 2.12. The lowest BCUT2D eigenvalue weighted by Gasteiger charge is -2.13. The molecule has 40 heavy (non-hydrogen) atoms. The maximum atomic E-state index is 12.8. The number of hydrogen-bond donors (Lipinski definition) is 1. The number of anilines is 1. The third kappa shape index (κ3) is 7.89. The van der Waals surface area contributed by atoms with E-state index in [9.17, 15) is 10.1 Å². The van der Waals surface area contributed by atoms with Crippen molar-refractivity contribution in [1.82, 2.24) is 0 Å². The van der Waals surface area contributed by atoms with Gasteiger partial charge in [0.2, 0.25) is 0 Å². The number of benzene rings is 4. The van der Waals surface area contributed by atoms with Crippen LogP contribution in [0.3, 0.4) is 0 Å². The molecule has 202 valence electrons. The lowest BCUT2D eigenvalue weighted by atomic mass is 10.1. The molecular weight excluding hydrogens is 524 g/mol. The zero-order chi connectivity index (χ0) is 28.3. The monoisotopic (exact) mass is 552 g/mol. The van der Waals surface area contributed by atoms with Gasteiger partial charge in [-0.1, -0.05) is 65.7 Å². The number of hydrogen-bond acceptors (Lipinski definition) is 5. The Bertz CT molecular complexity index is 1540. The van der Waals surface area contributed by atoms with Gasteiger partial charge >= 0.3 is 0 Å². The molecule has 0 unspecified atom stereocenters. The van der Waals surface area contributed by atoms with Crippen LogP contribution in [0.15, 0.2) is 96.6 Å². The van der Waals surface area contributed by atoms with Gasteiger partial charge in [-0.2, -0.15) is 5.26 Å². The molecule has 4 aromatic rings. The van der Waals surface area contributed by atoms with Crippen LogP contribution in [0.4, 0.5) is 5.69 Å². The summed E-state index contributed by atoms with van der Waals surface area (Å²) in [4.78, 5) is 12.8. The lowest BCUT2D eigenvalue weighted by Crippen LogP contribution is -2.13. The summed E-state index contributed by atoms with van der Waals surface area (Å²) in [7, 11) is 0. The van der Waals surface area contributed by atoms with E-state index in [2.05, 4.69) is 11.4 Å². The van der Waals surface area contributed by atoms with Crippen LogP contribution in [0, 0.1) is 18.3 Å². The van der Waals surface area contributed by atoms with Gasteiger partial charge in [0.15, 0.2) is 11.5 Å². The van der Waals surface area contributed by atoms with E-state index < -0.39 is 5.91 Å². The maximum Gasteiger partial charge on any atom is 0.266 e. The number of nitriles is 1. The number of carbonyl (C=O) groups is 1. The fourth-order valence-electron chi connectivity index (χ4n) is 3.89. The molecular formula is C33H29ClN2O4. The molecule has 0 fully saturated rings. The number of carbonyl (C=O) groups excluding carboxylic acids is 1. The standard InChI is InChI=1S/C33H29ClN2O4/c1-3-38-32-19-24(11-16-31(32)40-21-25-8-6-7-23(2)17-25)18-27(20-35)33(37)36-28-12-14-29(15-13-28)39-22-26-9-4-5-10-30(26)34/h4-19H,3,21-22H2,1-2H3,(H,36,37)/b27-18+. The Labute approximate surface area is 239 Å². The molecule has 0 atom stereocenters. The van der Waals surface area contributed by atoms with E-state index in [1.165, 1.54) is 6.08 Å². The van der Waals surface area contributed by atoms with Crippen molar-refractivity contribution in [2.75, 3.05) is 11.9 Å². The largest absolute Gasteiger partial charge is 0.490 e. The normalized spacial score (nSPS) is 10.9. The minimum absolute atomic E-state index is 0.0464. The first-order chi connectivity index (χ1) is 19.4. The summed E-state index contributed by atoms with van der Waals surface area (Å²) in [6.07, 6.45) is 1.52. The zero-order valence-electron chi connectivity index (χ0n) is 22.3. The third-order valence-corrected chi connectivity index (χ3v) is 6.25. The van der Waals surface area contributed by atoms with E-state index in [0.29, 0.717) is 53.3 Å². The lowest BCUT2D eigenvalue weighted by molar-refractivity contribution is -0.112. The molecule has 0 saturated heterocycles. The van der Waals surface area contributed by atoms with Gasteiger partial charge in [0.25, 0.3) is 5.91 Å². The van der Waals surface area contributed by atoms with E-state index in [1.54, 1.807) is 42.5 Å². The Balaban J connectivity index is 1.40. The second kappa shape index (κ2) is 13.9. The third-order valence-electron chi connectivity index (χ3n) is 5.88. The zero-order valence-corrected chi connectivity index (χ0v) is 23.1. The van der Waals surface area contributed by atoms with E-state index in [1.807, 2.05) is 62.4 Å². The molecule has 4 rings (SSSR count). The van der Waals surface area contributed by atoms with Gasteiger partial charge in [-0.05, 0) is 73.5 Å². The highest BCUT2D eigenvalue weighted by Crippen LogP contribution is 2.30. The topological polar surface area (TPSA) is 80.6 Å². The minimum atomic E-state index is -0.523. The summed E-state index contributed by atoms with van der Waals surface area (Å²) < 4.78 is 17.6. The van der Waals surface area contributed by atoms with Crippen molar-refractivity contribution in [3.8, 4) is 23.3 Å². The fraction of sp³-hybridized carbons (Fsp3) is 0.152. The molecule has 0 saturated carbocycles. The fourth-order valence-corrected chi connectivity index (χ4v) is 4.08. The smallest absolute Gasteiger partial charge is 0.266 e. The SMILES string of the molecule is CCOc1cc(/C=C(\C#N)C(=O)Nc2ccc(OCc3ccccc3Cl)cc2)ccc1OCc1cccc(C)c1. The van der Waals surface area contributed by atoms with Crippen LogP contribution in [-0.2, 0) is 18.0 Å². The van der Waals surface area contributed by atoms with Gasteiger partial charge in [-0.25, -0.2) is 0 Å². The van der Waals surface area contributed by atoms with Crippen LogP contribution in [0.1, 0.15) is 29.2 Å². The van der Waals surface area contributed by atoms with Crippen LogP contribution in [-0.4, -0.2) is 12.5 Å². The Morgan fingerprint density at radius 1 is 0.900 bits per heavy atom. The summed E-state index contributed by atoms with van der Waals surface area (Å²) >= 11 is 6.18. The van der Waals surface area contributed by atoms with Crippen LogP contribution >= 0.6 is 11.6 Å². The van der Waals surface area contributed by atoms with Crippen LogP contribution < -0.4 is 19.5 Å². The molecule has 0 aliphatic carbocycles. The average molecular weight is 553 g/mol. The Morgan fingerprint density at radius 3 is 2.42 bits per heavy atom. The molecule has 0 aliphatic heterocycles. The number of nitrogens with one attached hydrogen (secondary N) is 1. The number of aryl methyl sites for hydroxylation is 1. The molecule has 4 aromatic carbocycles. The number of halogens is 1. The second-order valence-electron chi connectivity index (χ2n) is 8.95. The van der Waals surface area contributed by atoms with Crippen LogP contribution in [0.25, 0.3) is 6.08 Å². The first kappa shape index (κ1) is 28.3. The van der Waals surface area contributed by atoms with Gasteiger partial charge < -0.3 is 19.5 Å². The number of rotatable bonds is 11. The Kier molecular flexibility index (Phi) is 9.82. The number of nitrogens with zero attached hydrogens (tertiary/aromatic N) is 1. The van der Waals surface area contributed by atoms with Gasteiger partial charge in [0, 0.05) is 16.3 Å². The molecule has 0 aliphatic rings. The van der Waals surface area contributed by atoms with Crippen molar-refractivity contribution in [2.45, 2.75) is 27.1 Å². The highest BCUT2D eigenvalue weighted by molar-refractivity contribution is 6.31. The molecule has 0 spiro atoms. The van der Waals surface area contributed by atoms with Crippen LogP contribution in [0.2, 0.25) is 5.02 Å². The first-order valence-electron chi connectivity index (χ1n) is 12.8. The average Bonchev–Trinajstić information content (AvgIpc) is 2.96. The molecule has 0 radical (unpaired) electrons. The van der Waals surface area contributed by atoms with Crippen LogP contribution in [0.5, 0.6) is 17.2 Å². The predicted molar refractivity (Wildman–Crippen MR) is 158 cm³/mol. The van der Waals surface area contributed by atoms with Gasteiger partial charge in [0.1, 0.15) is 30.6 Å². The quantitative estimate of drug-likeness (QED) is 0.152. The summed E-state index contributed by atoms with van der Waals surface area (Å²) in [6, 6.07) is 29.8. The van der Waals surface area contributed by atoms with Crippen molar-refractivity contribution in [3.63, 3.8) is 0 Å². The van der Waals surface area contributed by atoms with Crippen molar-refractivity contribution >= 4 is 29.3 Å². The molecule has 6 nitrogen and oxygen atoms in total. The summed E-state index contributed by atoms with van der Waals surface area (Å²) in [5, 5.41) is 13.1. The van der Waals surface area contributed by atoms with Gasteiger partial charge in [-0.15, -0.1) is 0 Å². The molecule has 1 amide bonds. The first-order valence-corrected chi connectivity index (χ1v) is 13.2. The second-order valence-corrected chi connectivity index (χ2v) is 9.35. The molecule has 1 N–H and O–H groups in total. The molecule has 0 bridgehead atoms.